The minimum atomic E-state index is -0.726. The van der Waals surface area contributed by atoms with Crippen LogP contribution in [0.1, 0.15) is 18.9 Å². The van der Waals surface area contributed by atoms with Gasteiger partial charge in [-0.05, 0) is 32.5 Å². The van der Waals surface area contributed by atoms with Crippen molar-refractivity contribution in [3.8, 4) is 0 Å². The third-order valence-electron chi connectivity index (χ3n) is 4.05. The van der Waals surface area contributed by atoms with Crippen molar-refractivity contribution >= 4 is 11.7 Å². The Hall–Kier alpha value is -1.55. The van der Waals surface area contributed by atoms with Crippen LogP contribution in [0.3, 0.4) is 0 Å². The van der Waals surface area contributed by atoms with Gasteiger partial charge < -0.3 is 10.0 Å². The predicted molar refractivity (Wildman–Crippen MR) is 76.7 cm³/mol. The van der Waals surface area contributed by atoms with E-state index in [1.165, 1.54) is 11.3 Å². The highest BCUT2D eigenvalue weighted by molar-refractivity contribution is 5.68. The van der Waals surface area contributed by atoms with Crippen LogP contribution in [0, 0.1) is 6.92 Å². The summed E-state index contributed by atoms with van der Waals surface area (Å²) >= 11 is 0. The van der Waals surface area contributed by atoms with E-state index in [0.29, 0.717) is 6.04 Å². The van der Waals surface area contributed by atoms with Crippen LogP contribution in [0.2, 0.25) is 0 Å². The zero-order valence-corrected chi connectivity index (χ0v) is 11.8. The summed E-state index contributed by atoms with van der Waals surface area (Å²) in [5.41, 5.74) is 2.46. The monoisotopic (exact) mass is 262 g/mol. The Labute approximate surface area is 114 Å². The number of carboxylic acid groups (broad SMARTS) is 1. The van der Waals surface area contributed by atoms with E-state index < -0.39 is 5.97 Å². The van der Waals surface area contributed by atoms with E-state index in [9.17, 15) is 4.79 Å². The van der Waals surface area contributed by atoms with Crippen LogP contribution in [0.4, 0.5) is 5.69 Å². The fourth-order valence-corrected chi connectivity index (χ4v) is 2.79. The number of rotatable bonds is 3. The van der Waals surface area contributed by atoms with E-state index >= 15 is 0 Å². The molecule has 0 aliphatic carbocycles. The van der Waals surface area contributed by atoms with E-state index in [2.05, 4.69) is 35.8 Å². The second-order valence-electron chi connectivity index (χ2n) is 5.46. The first-order valence-electron chi connectivity index (χ1n) is 6.73. The molecule has 1 fully saturated rings. The summed E-state index contributed by atoms with van der Waals surface area (Å²) in [4.78, 5) is 15.5. The summed E-state index contributed by atoms with van der Waals surface area (Å²) in [5.74, 6) is -0.726. The number of hydrogen-bond acceptors (Lipinski definition) is 3. The Morgan fingerprint density at radius 2 is 2.05 bits per heavy atom. The molecule has 4 nitrogen and oxygen atoms in total. The van der Waals surface area contributed by atoms with Gasteiger partial charge in [-0.1, -0.05) is 18.2 Å². The normalized spacial score (nSPS) is 24.5. The van der Waals surface area contributed by atoms with Crippen LogP contribution in [0.15, 0.2) is 24.3 Å². The first-order chi connectivity index (χ1) is 8.99. The molecule has 1 heterocycles. The number of para-hydroxylation sites is 1. The van der Waals surface area contributed by atoms with Gasteiger partial charge in [0.05, 0.1) is 6.42 Å². The Morgan fingerprint density at radius 3 is 2.68 bits per heavy atom. The molecule has 0 radical (unpaired) electrons. The van der Waals surface area contributed by atoms with Crippen LogP contribution in [-0.4, -0.2) is 48.2 Å². The topological polar surface area (TPSA) is 43.8 Å². The van der Waals surface area contributed by atoms with E-state index in [0.717, 1.165) is 13.1 Å². The number of aryl methyl sites for hydroxylation is 1. The van der Waals surface area contributed by atoms with Gasteiger partial charge in [-0.3, -0.25) is 9.69 Å². The van der Waals surface area contributed by atoms with Crippen molar-refractivity contribution in [2.24, 2.45) is 0 Å². The SMILES string of the molecule is Cc1ccccc1N1CC(C)N(C)C(CC(=O)O)C1. The second kappa shape index (κ2) is 5.61. The minimum absolute atomic E-state index is 0.0702. The van der Waals surface area contributed by atoms with Crippen molar-refractivity contribution in [1.29, 1.82) is 0 Å². The van der Waals surface area contributed by atoms with E-state index in [-0.39, 0.29) is 12.5 Å². The number of carboxylic acids is 1. The van der Waals surface area contributed by atoms with Crippen molar-refractivity contribution in [1.82, 2.24) is 4.90 Å². The molecule has 1 N–H and O–H groups in total. The standard InChI is InChI=1S/C15H22N2O2/c1-11-6-4-5-7-14(11)17-9-12(2)16(3)13(10-17)8-15(18)19/h4-7,12-13H,8-10H2,1-3H3,(H,18,19). The summed E-state index contributed by atoms with van der Waals surface area (Å²) in [6, 6.07) is 8.72. The molecule has 0 saturated carbocycles. The molecule has 1 saturated heterocycles. The van der Waals surface area contributed by atoms with Gasteiger partial charge in [-0.25, -0.2) is 0 Å². The molecule has 104 valence electrons. The highest BCUT2D eigenvalue weighted by Gasteiger charge is 2.31. The number of piperazine rings is 1. The Bertz CT molecular complexity index is 461. The lowest BCUT2D eigenvalue weighted by Gasteiger charge is -2.44. The van der Waals surface area contributed by atoms with Gasteiger partial charge in [-0.15, -0.1) is 0 Å². The van der Waals surface area contributed by atoms with E-state index in [1.54, 1.807) is 0 Å². The van der Waals surface area contributed by atoms with Gasteiger partial charge in [0.25, 0.3) is 0 Å². The van der Waals surface area contributed by atoms with Crippen LogP contribution >= 0.6 is 0 Å². The minimum Gasteiger partial charge on any atom is -0.481 e. The van der Waals surface area contributed by atoms with Crippen molar-refractivity contribution in [2.75, 3.05) is 25.0 Å². The van der Waals surface area contributed by atoms with Crippen LogP contribution in [0.5, 0.6) is 0 Å². The highest BCUT2D eigenvalue weighted by atomic mass is 16.4. The zero-order valence-electron chi connectivity index (χ0n) is 11.8. The maximum Gasteiger partial charge on any atom is 0.305 e. The first kappa shape index (κ1) is 13.9. The third kappa shape index (κ3) is 3.07. The number of nitrogens with zero attached hydrogens (tertiary/aromatic N) is 2. The number of anilines is 1. The van der Waals surface area contributed by atoms with Crippen molar-refractivity contribution in [3.63, 3.8) is 0 Å². The fourth-order valence-electron chi connectivity index (χ4n) is 2.79. The molecule has 1 aromatic rings. The molecule has 2 rings (SSSR count). The van der Waals surface area contributed by atoms with Gasteiger partial charge in [0.2, 0.25) is 0 Å². The van der Waals surface area contributed by atoms with E-state index in [1.807, 2.05) is 19.2 Å². The summed E-state index contributed by atoms with van der Waals surface area (Å²) in [6.07, 6.45) is 0.198. The second-order valence-corrected chi connectivity index (χ2v) is 5.46. The zero-order chi connectivity index (χ0) is 14.0. The number of benzene rings is 1. The molecule has 0 amide bonds. The third-order valence-corrected chi connectivity index (χ3v) is 4.05. The Balaban J connectivity index is 2.19. The molecule has 2 atom stereocenters. The fraction of sp³-hybridized carbons (Fsp3) is 0.533. The largest absolute Gasteiger partial charge is 0.481 e. The summed E-state index contributed by atoms with van der Waals surface area (Å²) in [7, 11) is 2.02. The number of carbonyl (C=O) groups is 1. The molecule has 4 heteroatoms. The van der Waals surface area contributed by atoms with Crippen LogP contribution in [-0.2, 0) is 4.79 Å². The molecule has 0 bridgehead atoms. The summed E-state index contributed by atoms with van der Waals surface area (Å²) in [5, 5.41) is 9.04. The van der Waals surface area contributed by atoms with Crippen molar-refractivity contribution in [2.45, 2.75) is 32.4 Å². The summed E-state index contributed by atoms with van der Waals surface area (Å²) in [6.45, 7) is 5.97. The lowest BCUT2D eigenvalue weighted by molar-refractivity contribution is -0.138. The molecule has 19 heavy (non-hydrogen) atoms. The molecule has 1 aromatic carbocycles. The maximum absolute atomic E-state index is 11.0. The average Bonchev–Trinajstić information content (AvgIpc) is 2.35. The predicted octanol–water partition coefficient (Wildman–Crippen LogP) is 1.98. The molecular weight excluding hydrogens is 240 g/mol. The lowest BCUT2D eigenvalue weighted by Crippen LogP contribution is -2.56. The molecule has 2 unspecified atom stereocenters. The molecular formula is C15H22N2O2. The van der Waals surface area contributed by atoms with Gasteiger partial charge in [0.15, 0.2) is 0 Å². The number of likely N-dealkylation sites (N-methyl/N-ethyl adjacent to an activating group) is 1. The smallest absolute Gasteiger partial charge is 0.305 e. The average molecular weight is 262 g/mol. The van der Waals surface area contributed by atoms with Crippen molar-refractivity contribution < 1.29 is 9.90 Å². The number of aliphatic carboxylic acids is 1. The quantitative estimate of drug-likeness (QED) is 0.904. The highest BCUT2D eigenvalue weighted by Crippen LogP contribution is 2.25. The lowest BCUT2D eigenvalue weighted by atomic mass is 10.0. The van der Waals surface area contributed by atoms with Gasteiger partial charge in [0.1, 0.15) is 0 Å². The first-order valence-corrected chi connectivity index (χ1v) is 6.73. The Kier molecular flexibility index (Phi) is 4.10. The van der Waals surface area contributed by atoms with Crippen LogP contribution in [0.25, 0.3) is 0 Å². The van der Waals surface area contributed by atoms with Gasteiger partial charge in [-0.2, -0.15) is 0 Å². The van der Waals surface area contributed by atoms with Gasteiger partial charge >= 0.3 is 5.97 Å². The Morgan fingerprint density at radius 1 is 1.37 bits per heavy atom. The summed E-state index contributed by atoms with van der Waals surface area (Å²) < 4.78 is 0. The molecule has 0 spiro atoms. The molecule has 0 aromatic heterocycles. The molecule has 1 aliphatic heterocycles. The van der Waals surface area contributed by atoms with Crippen LogP contribution < -0.4 is 4.90 Å². The van der Waals surface area contributed by atoms with Crippen molar-refractivity contribution in [3.05, 3.63) is 29.8 Å². The maximum atomic E-state index is 11.0. The van der Waals surface area contributed by atoms with E-state index in [4.69, 9.17) is 5.11 Å². The van der Waals surface area contributed by atoms with Gasteiger partial charge in [0, 0.05) is 30.9 Å². The number of hydrogen-bond donors (Lipinski definition) is 1. The molecule has 1 aliphatic rings.